The molecule has 6 nitrogen and oxygen atoms in total. The highest BCUT2D eigenvalue weighted by molar-refractivity contribution is 9.10. The summed E-state index contributed by atoms with van der Waals surface area (Å²) in [5.74, 6) is 0.911. The molecule has 1 aromatic heterocycles. The summed E-state index contributed by atoms with van der Waals surface area (Å²) in [7, 11) is 1.82. The molecule has 0 spiro atoms. The van der Waals surface area contributed by atoms with E-state index in [1.807, 2.05) is 25.2 Å². The molecule has 2 aromatic rings. The van der Waals surface area contributed by atoms with E-state index >= 15 is 0 Å². The van der Waals surface area contributed by atoms with Crippen molar-refractivity contribution in [3.63, 3.8) is 0 Å². The lowest BCUT2D eigenvalue weighted by atomic mass is 10.1. The normalized spacial score (nSPS) is 17.4. The number of nitrogens with zero attached hydrogens (tertiary/aromatic N) is 2. The molecule has 1 unspecified atom stereocenters. The van der Waals surface area contributed by atoms with Crippen LogP contribution in [0.5, 0.6) is 5.75 Å². The van der Waals surface area contributed by atoms with Crippen LogP contribution in [0.4, 0.5) is 11.6 Å². The molecule has 0 aliphatic carbocycles. The van der Waals surface area contributed by atoms with Gasteiger partial charge in [0.15, 0.2) is 6.10 Å². The molecule has 20 heavy (non-hydrogen) atoms. The van der Waals surface area contributed by atoms with Crippen LogP contribution < -0.4 is 15.8 Å². The second-order valence-electron chi connectivity index (χ2n) is 4.63. The number of nitrogen functional groups attached to an aromatic ring is 1. The number of benzene rings is 1. The van der Waals surface area contributed by atoms with Crippen LogP contribution in [0.3, 0.4) is 0 Å². The Balaban J connectivity index is 2.07. The SMILES string of the molecule is CC1Oc2ccc(-c3nc(N)n(C)c3Br)cc2NC1=O. The van der Waals surface area contributed by atoms with Gasteiger partial charge in [0.05, 0.1) is 5.69 Å². The summed E-state index contributed by atoms with van der Waals surface area (Å²) in [5.41, 5.74) is 8.00. The average molecular weight is 337 g/mol. The van der Waals surface area contributed by atoms with Crippen molar-refractivity contribution in [2.24, 2.45) is 7.05 Å². The van der Waals surface area contributed by atoms with E-state index in [2.05, 4.69) is 26.2 Å². The van der Waals surface area contributed by atoms with Crippen LogP contribution in [-0.2, 0) is 11.8 Å². The lowest BCUT2D eigenvalue weighted by molar-refractivity contribution is -0.122. The maximum absolute atomic E-state index is 11.6. The van der Waals surface area contributed by atoms with E-state index in [1.54, 1.807) is 11.5 Å². The number of hydrogen-bond donors (Lipinski definition) is 2. The molecule has 7 heteroatoms. The lowest BCUT2D eigenvalue weighted by Crippen LogP contribution is -2.34. The maximum atomic E-state index is 11.6. The van der Waals surface area contributed by atoms with Crippen LogP contribution in [0, 0.1) is 0 Å². The minimum Gasteiger partial charge on any atom is -0.479 e. The molecule has 2 heterocycles. The number of nitrogens with two attached hydrogens (primary N) is 1. The monoisotopic (exact) mass is 336 g/mol. The van der Waals surface area contributed by atoms with Gasteiger partial charge in [0.1, 0.15) is 16.0 Å². The first-order valence-corrected chi connectivity index (χ1v) is 6.86. The zero-order chi connectivity index (χ0) is 14.4. The number of ether oxygens (including phenoxy) is 1. The van der Waals surface area contributed by atoms with Crippen molar-refractivity contribution in [2.75, 3.05) is 11.1 Å². The van der Waals surface area contributed by atoms with E-state index in [9.17, 15) is 4.79 Å². The molecule has 0 saturated heterocycles. The number of carbonyl (C=O) groups is 1. The fourth-order valence-electron chi connectivity index (χ4n) is 2.03. The summed E-state index contributed by atoms with van der Waals surface area (Å²) < 4.78 is 8.05. The van der Waals surface area contributed by atoms with Crippen LogP contribution in [0.2, 0.25) is 0 Å². The molecule has 1 amide bonds. The van der Waals surface area contributed by atoms with Gasteiger partial charge in [-0.1, -0.05) is 0 Å². The number of nitrogens with one attached hydrogen (secondary N) is 1. The molecular formula is C13H13BrN4O2. The first-order chi connectivity index (χ1) is 9.47. The predicted molar refractivity (Wildman–Crippen MR) is 79.5 cm³/mol. The zero-order valence-corrected chi connectivity index (χ0v) is 12.6. The van der Waals surface area contributed by atoms with Gasteiger partial charge in [-0.05, 0) is 41.1 Å². The van der Waals surface area contributed by atoms with Crippen molar-refractivity contribution in [3.8, 4) is 17.0 Å². The highest BCUT2D eigenvalue weighted by Gasteiger charge is 2.24. The fraction of sp³-hybridized carbons (Fsp3) is 0.231. The molecule has 1 aliphatic rings. The van der Waals surface area contributed by atoms with Gasteiger partial charge in [-0.2, -0.15) is 0 Å². The third-order valence-electron chi connectivity index (χ3n) is 3.24. The Labute approximate surface area is 124 Å². The standard InChI is InChI=1S/C13H13BrN4O2/c1-6-12(19)16-8-5-7(3-4-9(8)20-6)10-11(14)18(2)13(15)17-10/h3-6H,1-2H3,(H2,15,17)(H,16,19). The smallest absolute Gasteiger partial charge is 0.265 e. The number of amides is 1. The molecule has 3 rings (SSSR count). The van der Waals surface area contributed by atoms with Gasteiger partial charge in [0, 0.05) is 12.6 Å². The van der Waals surface area contributed by atoms with Crippen LogP contribution in [0.1, 0.15) is 6.92 Å². The molecule has 0 fully saturated rings. The zero-order valence-electron chi connectivity index (χ0n) is 11.0. The average Bonchev–Trinajstić information content (AvgIpc) is 2.67. The molecular weight excluding hydrogens is 324 g/mol. The highest BCUT2D eigenvalue weighted by atomic mass is 79.9. The molecule has 1 aliphatic heterocycles. The van der Waals surface area contributed by atoms with Crippen molar-refractivity contribution >= 4 is 33.5 Å². The molecule has 1 atom stereocenters. The Hall–Kier alpha value is -2.02. The summed E-state index contributed by atoms with van der Waals surface area (Å²) in [6, 6.07) is 5.53. The minimum atomic E-state index is -0.481. The molecule has 3 N–H and O–H groups in total. The minimum absolute atomic E-state index is 0.158. The van der Waals surface area contributed by atoms with Crippen molar-refractivity contribution in [2.45, 2.75) is 13.0 Å². The number of imidazole rings is 1. The van der Waals surface area contributed by atoms with E-state index in [0.717, 1.165) is 15.9 Å². The van der Waals surface area contributed by atoms with Gasteiger partial charge in [0.25, 0.3) is 5.91 Å². The molecule has 0 bridgehead atoms. The first kappa shape index (κ1) is 13.0. The molecule has 0 radical (unpaired) electrons. The maximum Gasteiger partial charge on any atom is 0.265 e. The van der Waals surface area contributed by atoms with E-state index in [0.29, 0.717) is 17.4 Å². The Bertz CT molecular complexity index is 711. The fourth-order valence-corrected chi connectivity index (χ4v) is 2.53. The van der Waals surface area contributed by atoms with Crippen molar-refractivity contribution < 1.29 is 9.53 Å². The lowest BCUT2D eigenvalue weighted by Gasteiger charge is -2.23. The van der Waals surface area contributed by atoms with Crippen LogP contribution >= 0.6 is 15.9 Å². The van der Waals surface area contributed by atoms with Gasteiger partial charge in [-0.25, -0.2) is 4.98 Å². The predicted octanol–water partition coefficient (Wildman–Crippen LogP) is 2.15. The summed E-state index contributed by atoms with van der Waals surface area (Å²) in [5, 5.41) is 2.82. The van der Waals surface area contributed by atoms with Crippen molar-refractivity contribution in [1.29, 1.82) is 0 Å². The van der Waals surface area contributed by atoms with Crippen LogP contribution in [0.25, 0.3) is 11.3 Å². The van der Waals surface area contributed by atoms with E-state index in [4.69, 9.17) is 10.5 Å². The van der Waals surface area contributed by atoms with Gasteiger partial charge >= 0.3 is 0 Å². The van der Waals surface area contributed by atoms with Crippen molar-refractivity contribution in [1.82, 2.24) is 9.55 Å². The number of anilines is 2. The third-order valence-corrected chi connectivity index (χ3v) is 4.15. The Kier molecular flexibility index (Phi) is 2.93. The number of hydrogen-bond acceptors (Lipinski definition) is 4. The van der Waals surface area contributed by atoms with Crippen LogP contribution in [-0.4, -0.2) is 21.6 Å². The highest BCUT2D eigenvalue weighted by Crippen LogP contribution is 2.36. The Morgan fingerprint density at radius 1 is 1.50 bits per heavy atom. The number of rotatable bonds is 1. The third kappa shape index (κ3) is 1.94. The molecule has 1 aromatic carbocycles. The number of halogens is 1. The van der Waals surface area contributed by atoms with Gasteiger partial charge in [0.2, 0.25) is 5.95 Å². The van der Waals surface area contributed by atoms with E-state index < -0.39 is 6.10 Å². The van der Waals surface area contributed by atoms with E-state index in [-0.39, 0.29) is 5.91 Å². The van der Waals surface area contributed by atoms with Gasteiger partial charge < -0.3 is 20.4 Å². The second kappa shape index (κ2) is 4.52. The number of aromatic nitrogens is 2. The first-order valence-electron chi connectivity index (χ1n) is 6.07. The molecule has 104 valence electrons. The second-order valence-corrected chi connectivity index (χ2v) is 5.38. The van der Waals surface area contributed by atoms with Gasteiger partial charge in [-0.15, -0.1) is 0 Å². The van der Waals surface area contributed by atoms with Crippen molar-refractivity contribution in [3.05, 3.63) is 22.8 Å². The topological polar surface area (TPSA) is 82.2 Å². The molecule has 0 saturated carbocycles. The summed E-state index contributed by atoms with van der Waals surface area (Å²) in [6.45, 7) is 1.71. The van der Waals surface area contributed by atoms with Gasteiger partial charge in [-0.3, -0.25) is 4.79 Å². The number of fused-ring (bicyclic) bond motifs is 1. The Morgan fingerprint density at radius 2 is 2.25 bits per heavy atom. The largest absolute Gasteiger partial charge is 0.479 e. The number of carbonyl (C=O) groups excluding carboxylic acids is 1. The summed E-state index contributed by atoms with van der Waals surface area (Å²) in [6.07, 6.45) is -0.481. The van der Waals surface area contributed by atoms with Crippen LogP contribution in [0.15, 0.2) is 22.8 Å². The summed E-state index contributed by atoms with van der Waals surface area (Å²) >= 11 is 3.46. The quantitative estimate of drug-likeness (QED) is 0.835. The Morgan fingerprint density at radius 3 is 2.90 bits per heavy atom. The summed E-state index contributed by atoms with van der Waals surface area (Å²) in [4.78, 5) is 15.9. The van der Waals surface area contributed by atoms with E-state index in [1.165, 1.54) is 0 Å².